The molecule has 146 valence electrons. The zero-order chi connectivity index (χ0) is 19.1. The van der Waals surface area contributed by atoms with Crippen LogP contribution >= 0.6 is 0 Å². The SMILES string of the molecule is O=S(=O)(Cc1ccc(F)cc1)NCCNc1cc(N2CCOCC2)ncn1. The lowest BCUT2D eigenvalue weighted by molar-refractivity contribution is 0.122. The van der Waals surface area contributed by atoms with E-state index < -0.39 is 15.8 Å². The van der Waals surface area contributed by atoms with Gasteiger partial charge in [0, 0.05) is 32.2 Å². The molecule has 0 aliphatic carbocycles. The number of morpholine rings is 1. The molecule has 0 unspecified atom stereocenters. The fourth-order valence-corrected chi connectivity index (χ4v) is 3.80. The molecule has 1 aromatic heterocycles. The van der Waals surface area contributed by atoms with Crippen molar-refractivity contribution in [2.24, 2.45) is 0 Å². The zero-order valence-corrected chi connectivity index (χ0v) is 15.6. The van der Waals surface area contributed by atoms with Crippen LogP contribution in [-0.4, -0.2) is 57.8 Å². The van der Waals surface area contributed by atoms with Gasteiger partial charge in [-0.05, 0) is 17.7 Å². The molecule has 3 rings (SSSR count). The van der Waals surface area contributed by atoms with Gasteiger partial charge in [0.05, 0.1) is 19.0 Å². The molecule has 1 aromatic carbocycles. The van der Waals surface area contributed by atoms with Crippen LogP contribution in [0.2, 0.25) is 0 Å². The molecule has 10 heteroatoms. The molecule has 0 bridgehead atoms. The molecule has 1 fully saturated rings. The van der Waals surface area contributed by atoms with Gasteiger partial charge < -0.3 is 15.0 Å². The fourth-order valence-electron chi connectivity index (χ4n) is 2.66. The number of sulfonamides is 1. The predicted molar refractivity (Wildman–Crippen MR) is 101 cm³/mol. The number of aromatic nitrogens is 2. The summed E-state index contributed by atoms with van der Waals surface area (Å²) in [5.74, 6) is 0.855. The van der Waals surface area contributed by atoms with E-state index in [2.05, 4.69) is 24.9 Å². The number of hydrogen-bond donors (Lipinski definition) is 2. The highest BCUT2D eigenvalue weighted by Gasteiger charge is 2.13. The van der Waals surface area contributed by atoms with Gasteiger partial charge in [-0.25, -0.2) is 27.5 Å². The fraction of sp³-hybridized carbons (Fsp3) is 0.412. The summed E-state index contributed by atoms with van der Waals surface area (Å²) in [6, 6.07) is 7.24. The molecule has 1 aliphatic heterocycles. The molecule has 2 heterocycles. The van der Waals surface area contributed by atoms with Crippen molar-refractivity contribution in [2.45, 2.75) is 5.75 Å². The van der Waals surface area contributed by atoms with Crippen molar-refractivity contribution in [3.05, 3.63) is 48.0 Å². The molecule has 8 nitrogen and oxygen atoms in total. The van der Waals surface area contributed by atoms with Gasteiger partial charge in [0.1, 0.15) is 23.8 Å². The minimum atomic E-state index is -3.49. The largest absolute Gasteiger partial charge is 0.378 e. The number of ether oxygens (including phenoxy) is 1. The second-order valence-corrected chi connectivity index (χ2v) is 7.87. The molecule has 2 N–H and O–H groups in total. The summed E-state index contributed by atoms with van der Waals surface area (Å²) in [5.41, 5.74) is 0.530. The summed E-state index contributed by atoms with van der Waals surface area (Å²) >= 11 is 0. The molecule has 1 aliphatic rings. The van der Waals surface area contributed by atoms with E-state index in [1.807, 2.05) is 6.07 Å². The highest BCUT2D eigenvalue weighted by Crippen LogP contribution is 2.15. The maximum Gasteiger partial charge on any atom is 0.215 e. The maximum atomic E-state index is 12.9. The molecule has 0 radical (unpaired) electrons. The van der Waals surface area contributed by atoms with Crippen molar-refractivity contribution >= 4 is 21.7 Å². The van der Waals surface area contributed by atoms with E-state index in [1.54, 1.807) is 0 Å². The first-order valence-electron chi connectivity index (χ1n) is 8.62. The summed E-state index contributed by atoms with van der Waals surface area (Å²) in [6.45, 7) is 3.48. The lowest BCUT2D eigenvalue weighted by atomic mass is 10.2. The first kappa shape index (κ1) is 19.5. The maximum absolute atomic E-state index is 12.9. The summed E-state index contributed by atoms with van der Waals surface area (Å²) < 4.78 is 44.9. The second-order valence-electron chi connectivity index (χ2n) is 6.07. The first-order chi connectivity index (χ1) is 13.0. The van der Waals surface area contributed by atoms with E-state index in [4.69, 9.17) is 4.74 Å². The molecule has 0 amide bonds. The van der Waals surface area contributed by atoms with Gasteiger partial charge in [0.25, 0.3) is 0 Å². The van der Waals surface area contributed by atoms with Crippen LogP contribution in [-0.2, 0) is 20.5 Å². The highest BCUT2D eigenvalue weighted by atomic mass is 32.2. The third kappa shape index (κ3) is 6.12. The Balaban J connectivity index is 1.46. The second kappa shape index (κ2) is 9.07. The number of anilines is 2. The van der Waals surface area contributed by atoms with Crippen LogP contribution in [0.1, 0.15) is 5.56 Å². The number of nitrogens with one attached hydrogen (secondary N) is 2. The van der Waals surface area contributed by atoms with Gasteiger partial charge >= 0.3 is 0 Å². The molecule has 0 saturated carbocycles. The van der Waals surface area contributed by atoms with Crippen molar-refractivity contribution in [1.82, 2.24) is 14.7 Å². The molecule has 0 spiro atoms. The van der Waals surface area contributed by atoms with Gasteiger partial charge in [0.2, 0.25) is 10.0 Å². The lowest BCUT2D eigenvalue weighted by Gasteiger charge is -2.27. The number of benzene rings is 1. The minimum Gasteiger partial charge on any atom is -0.378 e. The van der Waals surface area contributed by atoms with E-state index in [0.29, 0.717) is 31.1 Å². The van der Waals surface area contributed by atoms with Crippen molar-refractivity contribution < 1.29 is 17.5 Å². The van der Waals surface area contributed by atoms with Gasteiger partial charge in [-0.3, -0.25) is 0 Å². The Bertz CT molecular complexity index is 842. The lowest BCUT2D eigenvalue weighted by Crippen LogP contribution is -2.36. The van der Waals surface area contributed by atoms with Crippen LogP contribution in [0, 0.1) is 5.82 Å². The quantitative estimate of drug-likeness (QED) is 0.643. The van der Waals surface area contributed by atoms with E-state index in [9.17, 15) is 12.8 Å². The van der Waals surface area contributed by atoms with Crippen LogP contribution < -0.4 is 14.9 Å². The Morgan fingerprint density at radius 3 is 2.59 bits per heavy atom. The average molecular weight is 395 g/mol. The van der Waals surface area contributed by atoms with Crippen LogP contribution in [0.5, 0.6) is 0 Å². The number of rotatable bonds is 8. The molecular weight excluding hydrogens is 373 g/mol. The number of nitrogens with zero attached hydrogens (tertiary/aromatic N) is 3. The predicted octanol–water partition coefficient (Wildman–Crippen LogP) is 0.984. The van der Waals surface area contributed by atoms with Crippen molar-refractivity contribution in [3.63, 3.8) is 0 Å². The van der Waals surface area contributed by atoms with Crippen LogP contribution in [0.25, 0.3) is 0 Å². The van der Waals surface area contributed by atoms with Crippen LogP contribution in [0.3, 0.4) is 0 Å². The number of halogens is 1. The first-order valence-corrected chi connectivity index (χ1v) is 10.3. The molecule has 27 heavy (non-hydrogen) atoms. The summed E-state index contributed by atoms with van der Waals surface area (Å²) in [7, 11) is -3.49. The van der Waals surface area contributed by atoms with E-state index in [-0.39, 0.29) is 12.3 Å². The molecule has 2 aromatic rings. The Labute approximate surface area is 157 Å². The van der Waals surface area contributed by atoms with Gasteiger partial charge in [0.15, 0.2) is 0 Å². The Kier molecular flexibility index (Phi) is 6.54. The van der Waals surface area contributed by atoms with Gasteiger partial charge in [-0.2, -0.15) is 0 Å². The smallest absolute Gasteiger partial charge is 0.215 e. The number of hydrogen-bond acceptors (Lipinski definition) is 7. The minimum absolute atomic E-state index is 0.192. The van der Waals surface area contributed by atoms with Gasteiger partial charge in [-0.15, -0.1) is 0 Å². The summed E-state index contributed by atoms with van der Waals surface area (Å²) in [5, 5.41) is 3.08. The van der Waals surface area contributed by atoms with Crippen LogP contribution in [0.4, 0.5) is 16.0 Å². The summed E-state index contributed by atoms with van der Waals surface area (Å²) in [6.07, 6.45) is 1.48. The van der Waals surface area contributed by atoms with E-state index in [1.165, 1.54) is 30.6 Å². The molecule has 0 atom stereocenters. The Morgan fingerprint density at radius 1 is 1.11 bits per heavy atom. The van der Waals surface area contributed by atoms with Crippen molar-refractivity contribution in [3.8, 4) is 0 Å². The van der Waals surface area contributed by atoms with Crippen LogP contribution in [0.15, 0.2) is 36.7 Å². The van der Waals surface area contributed by atoms with E-state index >= 15 is 0 Å². The monoisotopic (exact) mass is 395 g/mol. The highest BCUT2D eigenvalue weighted by molar-refractivity contribution is 7.88. The molecular formula is C17H22FN5O3S. The van der Waals surface area contributed by atoms with Crippen molar-refractivity contribution in [2.75, 3.05) is 49.6 Å². The summed E-state index contributed by atoms with van der Waals surface area (Å²) in [4.78, 5) is 10.5. The Morgan fingerprint density at radius 2 is 1.85 bits per heavy atom. The van der Waals surface area contributed by atoms with Gasteiger partial charge in [-0.1, -0.05) is 12.1 Å². The zero-order valence-electron chi connectivity index (χ0n) is 14.8. The normalized spacial score (nSPS) is 14.9. The van der Waals surface area contributed by atoms with E-state index in [0.717, 1.165) is 18.9 Å². The Hall–Kier alpha value is -2.30. The van der Waals surface area contributed by atoms with Crippen molar-refractivity contribution in [1.29, 1.82) is 0 Å². The topological polar surface area (TPSA) is 96.5 Å². The standard InChI is InChI=1S/C17H22FN5O3S/c18-15-3-1-14(2-4-15)12-27(24,25)22-6-5-19-16-11-17(21-13-20-16)23-7-9-26-10-8-23/h1-4,11,13,22H,5-10,12H2,(H,19,20,21). The third-order valence-corrected chi connectivity index (χ3v) is 5.37. The molecule has 1 saturated heterocycles. The third-order valence-electron chi connectivity index (χ3n) is 4.01. The average Bonchev–Trinajstić information content (AvgIpc) is 2.68.